The third-order valence-corrected chi connectivity index (χ3v) is 6.07. The first-order valence-electron chi connectivity index (χ1n) is 11.3. The van der Waals surface area contributed by atoms with Gasteiger partial charge in [0.25, 0.3) is 5.91 Å². The number of nitrogens with one attached hydrogen (secondary N) is 1. The van der Waals surface area contributed by atoms with Gasteiger partial charge in [-0.3, -0.25) is 19.4 Å². The summed E-state index contributed by atoms with van der Waals surface area (Å²) in [4.78, 5) is 54.6. The molecule has 34 heavy (non-hydrogen) atoms. The van der Waals surface area contributed by atoms with Gasteiger partial charge in [0.1, 0.15) is 0 Å². The highest BCUT2D eigenvalue weighted by atomic mass is 16.5. The van der Waals surface area contributed by atoms with E-state index in [1.54, 1.807) is 36.1 Å². The average Bonchev–Trinajstić information content (AvgIpc) is 3.17. The maximum absolute atomic E-state index is 12.9. The zero-order chi connectivity index (χ0) is 24.1. The lowest BCUT2D eigenvalue weighted by Gasteiger charge is -2.35. The Morgan fingerprint density at radius 3 is 2.29 bits per heavy atom. The number of rotatable bonds is 7. The molecule has 9 nitrogen and oxygen atoms in total. The fraction of sp³-hybridized carbons (Fsp3) is 0.360. The van der Waals surface area contributed by atoms with Crippen LogP contribution in [-0.2, 0) is 27.4 Å². The van der Waals surface area contributed by atoms with Gasteiger partial charge in [-0.05, 0) is 24.1 Å². The Kier molecular flexibility index (Phi) is 7.22. The lowest BCUT2D eigenvalue weighted by molar-refractivity contribution is -0.141. The van der Waals surface area contributed by atoms with Crippen molar-refractivity contribution >= 4 is 23.8 Å². The maximum atomic E-state index is 12.9. The summed E-state index contributed by atoms with van der Waals surface area (Å²) in [6.45, 7) is 4.92. The second kappa shape index (κ2) is 10.5. The summed E-state index contributed by atoms with van der Waals surface area (Å²) in [5, 5.41) is 2.46. The number of carbonyl (C=O) groups excluding carboxylic acids is 4. The van der Waals surface area contributed by atoms with Crippen LogP contribution < -0.4 is 5.32 Å². The summed E-state index contributed by atoms with van der Waals surface area (Å²) in [7, 11) is 0. The van der Waals surface area contributed by atoms with Crippen LogP contribution in [0.5, 0.6) is 0 Å². The number of benzene rings is 2. The molecule has 2 aromatic rings. The van der Waals surface area contributed by atoms with E-state index in [4.69, 9.17) is 4.74 Å². The second-order valence-electron chi connectivity index (χ2n) is 8.43. The van der Waals surface area contributed by atoms with Crippen LogP contribution in [0.1, 0.15) is 28.4 Å². The van der Waals surface area contributed by atoms with Crippen LogP contribution in [0.25, 0.3) is 0 Å². The van der Waals surface area contributed by atoms with Gasteiger partial charge in [-0.1, -0.05) is 48.5 Å². The number of carbonyl (C=O) groups is 4. The maximum Gasteiger partial charge on any atom is 0.339 e. The summed E-state index contributed by atoms with van der Waals surface area (Å²) in [5.41, 5.74) is 1.94. The van der Waals surface area contributed by atoms with Gasteiger partial charge in [0.15, 0.2) is 6.10 Å². The van der Waals surface area contributed by atoms with Gasteiger partial charge in [0.2, 0.25) is 5.91 Å². The molecule has 2 saturated heterocycles. The van der Waals surface area contributed by atoms with Crippen LogP contribution in [-0.4, -0.2) is 77.3 Å². The number of amides is 4. The Morgan fingerprint density at radius 2 is 1.62 bits per heavy atom. The summed E-state index contributed by atoms with van der Waals surface area (Å²) in [6, 6.07) is 16.3. The highest BCUT2D eigenvalue weighted by Crippen LogP contribution is 2.17. The minimum Gasteiger partial charge on any atom is -0.449 e. The lowest BCUT2D eigenvalue weighted by atomic mass is 10.1. The van der Waals surface area contributed by atoms with E-state index < -0.39 is 18.1 Å². The molecule has 0 spiro atoms. The fourth-order valence-electron chi connectivity index (χ4n) is 4.14. The van der Waals surface area contributed by atoms with Crippen LogP contribution in [0, 0.1) is 0 Å². The molecule has 2 heterocycles. The average molecular weight is 465 g/mol. The molecule has 0 saturated carbocycles. The van der Waals surface area contributed by atoms with E-state index >= 15 is 0 Å². The Morgan fingerprint density at radius 1 is 0.941 bits per heavy atom. The summed E-state index contributed by atoms with van der Waals surface area (Å²) < 4.78 is 5.48. The van der Waals surface area contributed by atoms with Crippen molar-refractivity contribution in [2.24, 2.45) is 0 Å². The molecule has 2 aromatic carbocycles. The van der Waals surface area contributed by atoms with Crippen molar-refractivity contribution < 1.29 is 23.9 Å². The predicted octanol–water partition coefficient (Wildman–Crippen LogP) is 1.63. The Hall–Kier alpha value is -3.72. The largest absolute Gasteiger partial charge is 0.449 e. The SMILES string of the molecule is C[C@H](OC(=O)c1ccccc1CN1C(=O)CNC1=O)C(=O)N1CCN(Cc2ccccc2)CC1. The van der Waals surface area contributed by atoms with Gasteiger partial charge in [-0.15, -0.1) is 0 Å². The molecule has 9 heteroatoms. The van der Waals surface area contributed by atoms with E-state index in [1.165, 1.54) is 5.56 Å². The highest BCUT2D eigenvalue weighted by molar-refractivity contribution is 6.02. The van der Waals surface area contributed by atoms with E-state index in [0.29, 0.717) is 18.7 Å². The van der Waals surface area contributed by atoms with Gasteiger partial charge in [-0.25, -0.2) is 9.59 Å². The van der Waals surface area contributed by atoms with E-state index in [9.17, 15) is 19.2 Å². The molecule has 2 aliphatic heterocycles. The van der Waals surface area contributed by atoms with Crippen LogP contribution in [0.2, 0.25) is 0 Å². The number of nitrogens with zero attached hydrogens (tertiary/aromatic N) is 3. The number of hydrogen-bond acceptors (Lipinski definition) is 6. The van der Waals surface area contributed by atoms with E-state index in [1.807, 2.05) is 18.2 Å². The van der Waals surface area contributed by atoms with Crippen molar-refractivity contribution in [2.45, 2.75) is 26.1 Å². The number of urea groups is 1. The molecule has 178 valence electrons. The fourth-order valence-corrected chi connectivity index (χ4v) is 4.14. The van der Waals surface area contributed by atoms with E-state index in [2.05, 4.69) is 22.3 Å². The summed E-state index contributed by atoms with van der Waals surface area (Å²) >= 11 is 0. The third-order valence-electron chi connectivity index (χ3n) is 6.07. The standard InChI is InChI=1S/C25H28N4O5/c1-18(23(31)28-13-11-27(12-14-28)16-19-7-3-2-4-8-19)34-24(32)21-10-6-5-9-20(21)17-29-22(30)15-26-25(29)33/h2-10,18H,11-17H2,1H3,(H,26,33)/t18-/m0/s1. The number of imide groups is 1. The number of hydrogen-bond donors (Lipinski definition) is 1. The quantitative estimate of drug-likeness (QED) is 0.494. The predicted molar refractivity (Wildman–Crippen MR) is 124 cm³/mol. The molecular weight excluding hydrogens is 436 g/mol. The molecule has 0 radical (unpaired) electrons. The molecule has 2 aliphatic rings. The Balaban J connectivity index is 1.32. The Labute approximate surface area is 198 Å². The van der Waals surface area contributed by atoms with Crippen molar-refractivity contribution in [3.63, 3.8) is 0 Å². The summed E-state index contributed by atoms with van der Waals surface area (Å²) in [6.07, 6.45) is -0.946. The first-order valence-corrected chi connectivity index (χ1v) is 11.3. The van der Waals surface area contributed by atoms with Crippen molar-refractivity contribution in [1.82, 2.24) is 20.0 Å². The zero-order valence-electron chi connectivity index (χ0n) is 19.1. The molecule has 0 bridgehead atoms. The molecule has 0 aliphatic carbocycles. The zero-order valence-corrected chi connectivity index (χ0v) is 19.1. The Bertz CT molecular complexity index is 1050. The van der Waals surface area contributed by atoms with Crippen LogP contribution in [0.15, 0.2) is 54.6 Å². The molecule has 0 aromatic heterocycles. The van der Waals surface area contributed by atoms with Crippen LogP contribution >= 0.6 is 0 Å². The van der Waals surface area contributed by atoms with Gasteiger partial charge < -0.3 is 15.0 Å². The number of ether oxygens (including phenoxy) is 1. The van der Waals surface area contributed by atoms with Crippen molar-refractivity contribution in [2.75, 3.05) is 32.7 Å². The first kappa shape index (κ1) is 23.4. The minimum atomic E-state index is -0.946. The lowest BCUT2D eigenvalue weighted by Crippen LogP contribution is -2.51. The molecule has 1 atom stereocenters. The molecule has 2 fully saturated rings. The smallest absolute Gasteiger partial charge is 0.339 e. The van der Waals surface area contributed by atoms with Gasteiger partial charge in [0.05, 0.1) is 18.7 Å². The van der Waals surface area contributed by atoms with Gasteiger partial charge in [0, 0.05) is 32.7 Å². The van der Waals surface area contributed by atoms with Gasteiger partial charge in [-0.2, -0.15) is 0 Å². The topological polar surface area (TPSA) is 99.3 Å². The second-order valence-corrected chi connectivity index (χ2v) is 8.43. The third kappa shape index (κ3) is 5.43. The van der Waals surface area contributed by atoms with Crippen molar-refractivity contribution in [3.8, 4) is 0 Å². The minimum absolute atomic E-state index is 0.0400. The monoisotopic (exact) mass is 464 g/mol. The molecule has 4 amide bonds. The number of esters is 1. The van der Waals surface area contributed by atoms with Crippen LogP contribution in [0.4, 0.5) is 4.79 Å². The first-order chi connectivity index (χ1) is 16.4. The molecule has 1 N–H and O–H groups in total. The van der Waals surface area contributed by atoms with Crippen molar-refractivity contribution in [1.29, 1.82) is 0 Å². The van der Waals surface area contributed by atoms with Crippen LogP contribution in [0.3, 0.4) is 0 Å². The molecule has 4 rings (SSSR count). The van der Waals surface area contributed by atoms with Gasteiger partial charge >= 0.3 is 12.0 Å². The molecular formula is C25H28N4O5. The van der Waals surface area contributed by atoms with E-state index in [-0.39, 0.29) is 30.5 Å². The highest BCUT2D eigenvalue weighted by Gasteiger charge is 2.31. The molecule has 0 unspecified atom stereocenters. The van der Waals surface area contributed by atoms with E-state index in [0.717, 1.165) is 24.5 Å². The normalized spacial score (nSPS) is 17.4. The number of piperazine rings is 1. The van der Waals surface area contributed by atoms with Crippen molar-refractivity contribution in [3.05, 3.63) is 71.3 Å². The summed E-state index contributed by atoms with van der Waals surface area (Å²) in [5.74, 6) is -1.26.